The largest absolute Gasteiger partial charge is 0.490 e. The van der Waals surface area contributed by atoms with E-state index in [1.165, 1.54) is 16.4 Å². The van der Waals surface area contributed by atoms with Crippen LogP contribution < -0.4 is 10.5 Å². The molecule has 0 aliphatic heterocycles. The first-order valence-electron chi connectivity index (χ1n) is 6.60. The van der Waals surface area contributed by atoms with Crippen LogP contribution in [0.25, 0.3) is 0 Å². The van der Waals surface area contributed by atoms with E-state index in [1.54, 1.807) is 0 Å². The van der Waals surface area contributed by atoms with Gasteiger partial charge in [0.25, 0.3) is 0 Å². The molecule has 0 saturated heterocycles. The van der Waals surface area contributed by atoms with E-state index in [2.05, 4.69) is 62.8 Å². The van der Waals surface area contributed by atoms with Gasteiger partial charge in [-0.3, -0.25) is 0 Å². The van der Waals surface area contributed by atoms with E-state index in [0.717, 1.165) is 21.3 Å². The molecule has 0 aromatic heterocycles. The molecule has 0 heterocycles. The van der Waals surface area contributed by atoms with Gasteiger partial charge in [-0.15, -0.1) is 0 Å². The van der Waals surface area contributed by atoms with Crippen LogP contribution in [-0.4, -0.2) is 6.10 Å². The Kier molecular flexibility index (Phi) is 4.33. The lowest BCUT2D eigenvalue weighted by Gasteiger charge is -2.15. The van der Waals surface area contributed by atoms with Crippen molar-refractivity contribution in [3.05, 3.63) is 61.6 Å². The van der Waals surface area contributed by atoms with Crippen LogP contribution in [0.4, 0.5) is 0 Å². The zero-order chi connectivity index (χ0) is 14.1. The van der Waals surface area contributed by atoms with Crippen molar-refractivity contribution in [2.75, 3.05) is 0 Å². The van der Waals surface area contributed by atoms with Gasteiger partial charge in [-0.2, -0.15) is 0 Å². The molecule has 0 spiro atoms. The third-order valence-electron chi connectivity index (χ3n) is 3.36. The molecule has 104 valence electrons. The standard InChI is InChI=1S/C16H15BrINO/c17-11-3-8-15(18)14(9-11)16(19)10-1-4-12(5-2-10)20-13-6-7-13/h1-5,8-9,13,16H,6-7,19H2. The summed E-state index contributed by atoms with van der Waals surface area (Å²) in [7, 11) is 0. The minimum absolute atomic E-state index is 0.116. The van der Waals surface area contributed by atoms with Crippen LogP contribution in [-0.2, 0) is 0 Å². The molecule has 1 atom stereocenters. The first kappa shape index (κ1) is 14.4. The molecule has 3 rings (SSSR count). The fourth-order valence-corrected chi connectivity index (χ4v) is 3.11. The highest BCUT2D eigenvalue weighted by molar-refractivity contribution is 14.1. The van der Waals surface area contributed by atoms with E-state index >= 15 is 0 Å². The number of nitrogens with two attached hydrogens (primary N) is 1. The Morgan fingerprint density at radius 3 is 2.50 bits per heavy atom. The van der Waals surface area contributed by atoms with Gasteiger partial charge in [0.05, 0.1) is 12.1 Å². The number of halogens is 2. The van der Waals surface area contributed by atoms with E-state index in [-0.39, 0.29) is 6.04 Å². The van der Waals surface area contributed by atoms with Gasteiger partial charge in [0.15, 0.2) is 0 Å². The van der Waals surface area contributed by atoms with Crippen molar-refractivity contribution >= 4 is 38.5 Å². The van der Waals surface area contributed by atoms with Gasteiger partial charge in [0.1, 0.15) is 5.75 Å². The zero-order valence-electron chi connectivity index (χ0n) is 10.9. The number of benzene rings is 2. The lowest BCUT2D eigenvalue weighted by molar-refractivity contribution is 0.303. The van der Waals surface area contributed by atoms with E-state index in [9.17, 15) is 0 Å². The van der Waals surface area contributed by atoms with Gasteiger partial charge in [0, 0.05) is 8.04 Å². The molecule has 0 amide bonds. The molecule has 2 aromatic carbocycles. The fourth-order valence-electron chi connectivity index (χ4n) is 2.06. The van der Waals surface area contributed by atoms with Crippen molar-refractivity contribution in [2.45, 2.75) is 25.0 Å². The van der Waals surface area contributed by atoms with Crippen molar-refractivity contribution in [3.63, 3.8) is 0 Å². The van der Waals surface area contributed by atoms with Gasteiger partial charge in [-0.25, -0.2) is 0 Å². The Morgan fingerprint density at radius 2 is 1.85 bits per heavy atom. The molecule has 1 fully saturated rings. The van der Waals surface area contributed by atoms with Crippen LogP contribution in [0.1, 0.15) is 30.0 Å². The molecule has 4 heteroatoms. The smallest absolute Gasteiger partial charge is 0.119 e. The minimum Gasteiger partial charge on any atom is -0.490 e. The Labute approximate surface area is 141 Å². The summed E-state index contributed by atoms with van der Waals surface area (Å²) >= 11 is 5.83. The van der Waals surface area contributed by atoms with Crippen molar-refractivity contribution < 1.29 is 4.74 Å². The second kappa shape index (κ2) is 6.03. The molecule has 20 heavy (non-hydrogen) atoms. The first-order valence-corrected chi connectivity index (χ1v) is 8.48. The average Bonchev–Trinajstić information content (AvgIpc) is 3.26. The normalized spacial score (nSPS) is 15.9. The molecule has 1 aliphatic rings. The maximum atomic E-state index is 6.38. The van der Waals surface area contributed by atoms with Crippen LogP contribution in [0.2, 0.25) is 0 Å². The van der Waals surface area contributed by atoms with Crippen LogP contribution >= 0.6 is 38.5 Å². The summed E-state index contributed by atoms with van der Waals surface area (Å²) in [6, 6.07) is 14.2. The zero-order valence-corrected chi connectivity index (χ0v) is 14.6. The predicted molar refractivity (Wildman–Crippen MR) is 93.0 cm³/mol. The summed E-state index contributed by atoms with van der Waals surface area (Å²) in [5.41, 5.74) is 8.62. The minimum atomic E-state index is -0.116. The van der Waals surface area contributed by atoms with Crippen molar-refractivity contribution in [1.29, 1.82) is 0 Å². The molecule has 1 aliphatic carbocycles. The summed E-state index contributed by atoms with van der Waals surface area (Å²) in [4.78, 5) is 0. The van der Waals surface area contributed by atoms with Gasteiger partial charge >= 0.3 is 0 Å². The van der Waals surface area contributed by atoms with E-state index < -0.39 is 0 Å². The van der Waals surface area contributed by atoms with Crippen LogP contribution in [0.3, 0.4) is 0 Å². The summed E-state index contributed by atoms with van der Waals surface area (Å²) < 4.78 is 7.99. The highest BCUT2D eigenvalue weighted by atomic mass is 127. The number of hydrogen-bond acceptors (Lipinski definition) is 2. The fraction of sp³-hybridized carbons (Fsp3) is 0.250. The molecular weight excluding hydrogens is 429 g/mol. The molecule has 1 saturated carbocycles. The second-order valence-electron chi connectivity index (χ2n) is 5.03. The summed E-state index contributed by atoms with van der Waals surface area (Å²) in [6.07, 6.45) is 2.79. The number of rotatable bonds is 4. The first-order chi connectivity index (χ1) is 9.63. The molecule has 2 nitrogen and oxygen atoms in total. The van der Waals surface area contributed by atoms with Crippen LogP contribution in [0.15, 0.2) is 46.9 Å². The van der Waals surface area contributed by atoms with Crippen LogP contribution in [0.5, 0.6) is 5.75 Å². The molecule has 0 radical (unpaired) electrons. The quantitative estimate of drug-likeness (QED) is 0.698. The lowest BCUT2D eigenvalue weighted by atomic mass is 10.00. The highest BCUT2D eigenvalue weighted by Gasteiger charge is 2.23. The highest BCUT2D eigenvalue weighted by Crippen LogP contribution is 2.30. The number of hydrogen-bond donors (Lipinski definition) is 1. The molecule has 2 aromatic rings. The van der Waals surface area contributed by atoms with E-state index in [0.29, 0.717) is 6.10 Å². The maximum absolute atomic E-state index is 6.38. The third-order valence-corrected chi connectivity index (χ3v) is 4.84. The SMILES string of the molecule is NC(c1ccc(OC2CC2)cc1)c1cc(Br)ccc1I. The Morgan fingerprint density at radius 1 is 1.15 bits per heavy atom. The third kappa shape index (κ3) is 3.35. The van der Waals surface area contributed by atoms with Gasteiger partial charge in [-0.1, -0.05) is 28.1 Å². The summed E-state index contributed by atoms with van der Waals surface area (Å²) in [6.45, 7) is 0. The summed E-state index contributed by atoms with van der Waals surface area (Å²) in [5.74, 6) is 0.937. The maximum Gasteiger partial charge on any atom is 0.119 e. The van der Waals surface area contributed by atoms with Crippen molar-refractivity contribution in [1.82, 2.24) is 0 Å². The molecule has 1 unspecified atom stereocenters. The monoisotopic (exact) mass is 443 g/mol. The van der Waals surface area contributed by atoms with E-state index in [1.807, 2.05) is 18.2 Å². The van der Waals surface area contributed by atoms with Crippen LogP contribution in [0, 0.1) is 3.57 Å². The van der Waals surface area contributed by atoms with Gasteiger partial charge < -0.3 is 10.5 Å². The Balaban J connectivity index is 1.81. The lowest BCUT2D eigenvalue weighted by Crippen LogP contribution is -2.13. The summed E-state index contributed by atoms with van der Waals surface area (Å²) in [5, 5.41) is 0. The van der Waals surface area contributed by atoms with Gasteiger partial charge in [-0.05, 0) is 76.9 Å². The average molecular weight is 444 g/mol. The van der Waals surface area contributed by atoms with Crippen molar-refractivity contribution in [2.24, 2.45) is 5.73 Å². The Hall–Kier alpha value is -0.590. The molecular formula is C16H15BrINO. The second-order valence-corrected chi connectivity index (χ2v) is 7.11. The topological polar surface area (TPSA) is 35.2 Å². The van der Waals surface area contributed by atoms with Gasteiger partial charge in [0.2, 0.25) is 0 Å². The Bertz CT molecular complexity index is 610. The number of ether oxygens (including phenoxy) is 1. The molecule has 2 N–H and O–H groups in total. The molecule has 0 bridgehead atoms. The van der Waals surface area contributed by atoms with Crippen molar-refractivity contribution in [3.8, 4) is 5.75 Å². The predicted octanol–water partition coefficient (Wildman–Crippen LogP) is 4.64. The van der Waals surface area contributed by atoms with E-state index in [4.69, 9.17) is 10.5 Å².